The second-order valence-corrected chi connectivity index (χ2v) is 9.28. The first kappa shape index (κ1) is 36.5. The second-order valence-electron chi connectivity index (χ2n) is 8.12. The fourth-order valence-electron chi connectivity index (χ4n) is 3.19. The van der Waals surface area contributed by atoms with Gasteiger partial charge in [0.1, 0.15) is 46.0 Å². The number of hydrogen-bond acceptors (Lipinski definition) is 10. The Hall–Kier alpha value is -3.54. The van der Waals surface area contributed by atoms with Gasteiger partial charge in [0.05, 0.1) is 14.2 Å². The van der Waals surface area contributed by atoms with Crippen LogP contribution in [0.2, 0.25) is 15.5 Å². The zero-order chi connectivity index (χ0) is 30.0. The van der Waals surface area contributed by atoms with Crippen molar-refractivity contribution >= 4 is 65.0 Å². The van der Waals surface area contributed by atoms with E-state index >= 15 is 0 Å². The molecule has 2 aromatic heterocycles. The number of rotatable bonds is 8. The summed E-state index contributed by atoms with van der Waals surface area (Å²) < 4.78 is 9.33. The molecular formula is C28H30Cl4N6O4. The molecule has 224 valence electrons. The van der Waals surface area contributed by atoms with Crippen molar-refractivity contribution in [2.24, 2.45) is 5.73 Å². The Labute approximate surface area is 265 Å². The lowest BCUT2D eigenvalue weighted by Gasteiger charge is -2.17. The molecule has 0 amide bonds. The van der Waals surface area contributed by atoms with Crippen molar-refractivity contribution in [3.05, 3.63) is 112 Å². The predicted molar refractivity (Wildman–Crippen MR) is 166 cm³/mol. The van der Waals surface area contributed by atoms with Gasteiger partial charge in [-0.1, -0.05) is 95.5 Å². The summed E-state index contributed by atoms with van der Waals surface area (Å²) in [5.74, 6) is -0.247. The number of hydrogen-bond donors (Lipinski definition) is 2. The molecule has 4 aromatic rings. The van der Waals surface area contributed by atoms with Crippen molar-refractivity contribution in [1.29, 1.82) is 0 Å². The Balaban J connectivity index is 0.000000344. The number of carbonyl (C=O) groups is 2. The van der Waals surface area contributed by atoms with Gasteiger partial charge >= 0.3 is 11.9 Å². The van der Waals surface area contributed by atoms with Crippen LogP contribution in [-0.4, -0.2) is 58.2 Å². The van der Waals surface area contributed by atoms with E-state index in [0.29, 0.717) is 34.1 Å². The van der Waals surface area contributed by atoms with E-state index in [-0.39, 0.29) is 24.3 Å². The van der Waals surface area contributed by atoms with Gasteiger partial charge in [0.2, 0.25) is 0 Å². The Morgan fingerprint density at radius 1 is 0.738 bits per heavy atom. The molecule has 0 aliphatic carbocycles. The van der Waals surface area contributed by atoms with Crippen LogP contribution in [-0.2, 0) is 31.9 Å². The van der Waals surface area contributed by atoms with E-state index in [1.165, 1.54) is 32.9 Å². The molecule has 0 spiro atoms. The van der Waals surface area contributed by atoms with E-state index in [4.69, 9.17) is 45.3 Å². The number of anilines is 1. The topological polar surface area (TPSA) is 142 Å². The molecule has 0 radical (unpaired) electrons. The maximum Gasteiger partial charge on any atom is 0.328 e. The van der Waals surface area contributed by atoms with E-state index in [1.807, 2.05) is 60.7 Å². The Morgan fingerprint density at radius 3 is 1.62 bits per heavy atom. The van der Waals surface area contributed by atoms with Crippen LogP contribution in [0.4, 0.5) is 5.82 Å². The molecule has 0 saturated heterocycles. The predicted octanol–water partition coefficient (Wildman–Crippen LogP) is 5.26. The number of halogens is 4. The van der Waals surface area contributed by atoms with Gasteiger partial charge in [-0.2, -0.15) is 0 Å². The molecule has 14 heteroatoms. The average Bonchev–Trinajstić information content (AvgIpc) is 2.97. The number of benzene rings is 2. The van der Waals surface area contributed by atoms with Crippen LogP contribution in [0, 0.1) is 0 Å². The molecule has 10 nitrogen and oxygen atoms in total. The van der Waals surface area contributed by atoms with E-state index in [0.717, 1.165) is 11.1 Å². The number of ether oxygens (including phenoxy) is 2. The fraction of sp³-hybridized carbons (Fsp3) is 0.214. The number of esters is 2. The summed E-state index contributed by atoms with van der Waals surface area (Å²) >= 11 is 16.6. The van der Waals surface area contributed by atoms with Gasteiger partial charge in [-0.05, 0) is 17.5 Å². The standard InChI is InChI=1S/C14H14ClN3O2.C10H13NO2.C4H2Cl2N2.ClH/c1-20-14(19)11(7-10-5-3-2-4-6-10)18-13-8-12(15)16-9-17-13;1-13-10(12)9(11)7-8-5-3-2-4-6-8;5-3-1-4(6)8-2-7-3;/h2-6,8-9,11H,7H2,1H3,(H,16,17,18);2-6,9H,7,11H2,1H3;1-2H;1H/t11-;9-;;/m11../s1. The Kier molecular flexibility index (Phi) is 17.7. The van der Waals surface area contributed by atoms with Crippen molar-refractivity contribution in [2.75, 3.05) is 19.5 Å². The lowest BCUT2D eigenvalue weighted by Crippen LogP contribution is -2.33. The van der Waals surface area contributed by atoms with Crippen molar-refractivity contribution in [1.82, 2.24) is 19.9 Å². The molecule has 3 N–H and O–H groups in total. The summed E-state index contributed by atoms with van der Waals surface area (Å²) in [6.45, 7) is 0. The molecule has 0 bridgehead atoms. The fourth-order valence-corrected chi connectivity index (χ4v) is 3.69. The number of nitrogens with zero attached hydrogens (tertiary/aromatic N) is 4. The molecule has 0 fully saturated rings. The van der Waals surface area contributed by atoms with Gasteiger partial charge in [-0.15, -0.1) is 12.4 Å². The third kappa shape index (κ3) is 14.4. The Morgan fingerprint density at radius 2 is 1.19 bits per heavy atom. The molecule has 42 heavy (non-hydrogen) atoms. The van der Waals surface area contributed by atoms with E-state index in [1.54, 1.807) is 6.07 Å². The van der Waals surface area contributed by atoms with Crippen LogP contribution >= 0.6 is 47.2 Å². The first-order valence-corrected chi connectivity index (χ1v) is 13.2. The van der Waals surface area contributed by atoms with Gasteiger partial charge in [-0.25, -0.2) is 24.7 Å². The first-order valence-electron chi connectivity index (χ1n) is 12.1. The largest absolute Gasteiger partial charge is 0.468 e. The number of nitrogens with two attached hydrogens (primary N) is 1. The third-order valence-electron chi connectivity index (χ3n) is 5.13. The highest BCUT2D eigenvalue weighted by Gasteiger charge is 2.20. The van der Waals surface area contributed by atoms with Gasteiger partial charge in [0, 0.05) is 18.6 Å². The number of aromatic nitrogens is 4. The molecule has 0 unspecified atom stereocenters. The zero-order valence-corrected chi connectivity index (χ0v) is 25.8. The quantitative estimate of drug-likeness (QED) is 0.191. The number of nitrogens with one attached hydrogen (secondary N) is 1. The molecule has 0 saturated carbocycles. The summed E-state index contributed by atoms with van der Waals surface area (Å²) in [4.78, 5) is 37.9. The molecule has 0 aliphatic rings. The highest BCUT2D eigenvalue weighted by molar-refractivity contribution is 6.33. The summed E-state index contributed by atoms with van der Waals surface area (Å²) in [5, 5.41) is 4.05. The lowest BCUT2D eigenvalue weighted by molar-refractivity contribution is -0.142. The maximum atomic E-state index is 11.8. The van der Waals surface area contributed by atoms with Crippen molar-refractivity contribution < 1.29 is 19.1 Å². The number of methoxy groups -OCH3 is 2. The maximum absolute atomic E-state index is 11.8. The third-order valence-corrected chi connectivity index (χ3v) is 5.75. The number of carbonyl (C=O) groups excluding carboxylic acids is 2. The van der Waals surface area contributed by atoms with Gasteiger partial charge in [0.25, 0.3) is 0 Å². The highest BCUT2D eigenvalue weighted by Crippen LogP contribution is 2.13. The molecule has 2 aromatic carbocycles. The minimum Gasteiger partial charge on any atom is -0.468 e. The van der Waals surface area contributed by atoms with Crippen LogP contribution in [0.15, 0.2) is 85.5 Å². The summed E-state index contributed by atoms with van der Waals surface area (Å²) in [7, 11) is 2.70. The first-order chi connectivity index (χ1) is 19.7. The Bertz CT molecular complexity index is 1340. The second kappa shape index (κ2) is 20.4. The molecule has 2 heterocycles. The molecule has 2 atom stereocenters. The summed E-state index contributed by atoms with van der Waals surface area (Å²) in [5.41, 5.74) is 7.65. The monoisotopic (exact) mass is 654 g/mol. The minimum absolute atomic E-state index is 0. The van der Waals surface area contributed by atoms with Crippen LogP contribution in [0.1, 0.15) is 11.1 Å². The van der Waals surface area contributed by atoms with Gasteiger partial charge < -0.3 is 20.5 Å². The molecule has 4 rings (SSSR count). The summed E-state index contributed by atoms with van der Waals surface area (Å²) in [6.07, 6.45) is 3.66. The van der Waals surface area contributed by atoms with E-state index in [9.17, 15) is 9.59 Å². The van der Waals surface area contributed by atoms with Crippen LogP contribution in [0.25, 0.3) is 0 Å². The zero-order valence-electron chi connectivity index (χ0n) is 22.7. The van der Waals surface area contributed by atoms with Crippen LogP contribution in [0.3, 0.4) is 0 Å². The van der Waals surface area contributed by atoms with Crippen LogP contribution < -0.4 is 11.1 Å². The molecule has 0 aliphatic heterocycles. The molecular weight excluding hydrogens is 626 g/mol. The summed E-state index contributed by atoms with van der Waals surface area (Å²) in [6, 6.07) is 21.2. The van der Waals surface area contributed by atoms with Crippen molar-refractivity contribution in [3.63, 3.8) is 0 Å². The van der Waals surface area contributed by atoms with Crippen molar-refractivity contribution in [3.8, 4) is 0 Å². The van der Waals surface area contributed by atoms with Gasteiger partial charge in [-0.3, -0.25) is 4.79 Å². The SMILES string of the molecule is COC(=O)[C@@H](Cc1ccccc1)Nc1cc(Cl)ncn1.COC(=O)[C@H](N)Cc1ccccc1.Cl.Clc1cc(Cl)ncn1. The minimum atomic E-state index is -0.563. The smallest absolute Gasteiger partial charge is 0.328 e. The van der Waals surface area contributed by atoms with Gasteiger partial charge in [0.15, 0.2) is 0 Å². The lowest BCUT2D eigenvalue weighted by atomic mass is 10.1. The normalized spacial score (nSPS) is 11.1. The van der Waals surface area contributed by atoms with Crippen LogP contribution in [0.5, 0.6) is 0 Å². The average molecular weight is 656 g/mol. The highest BCUT2D eigenvalue weighted by atomic mass is 35.5. The van der Waals surface area contributed by atoms with E-state index < -0.39 is 12.1 Å². The van der Waals surface area contributed by atoms with E-state index in [2.05, 4.69) is 30.0 Å². The van der Waals surface area contributed by atoms with Crippen molar-refractivity contribution in [2.45, 2.75) is 24.9 Å².